The molecular formula is C28H40. The fourth-order valence-corrected chi connectivity index (χ4v) is 5.73. The average molecular weight is 377 g/mol. The summed E-state index contributed by atoms with van der Waals surface area (Å²) in [5.41, 5.74) is 6.42. The van der Waals surface area contributed by atoms with Crippen LogP contribution in [0.3, 0.4) is 0 Å². The van der Waals surface area contributed by atoms with Crippen molar-refractivity contribution >= 4 is 0 Å². The Labute approximate surface area is 173 Å². The predicted molar refractivity (Wildman–Crippen MR) is 124 cm³/mol. The predicted octanol–water partition coefficient (Wildman–Crippen LogP) is 8.78. The highest BCUT2D eigenvalue weighted by atomic mass is 14.5. The highest BCUT2D eigenvalue weighted by Gasteiger charge is 2.44. The van der Waals surface area contributed by atoms with Crippen molar-refractivity contribution in [2.45, 2.75) is 90.9 Å². The molecule has 0 nitrogen and oxygen atoms in total. The third-order valence-electron chi connectivity index (χ3n) is 7.27. The molecule has 0 amide bonds. The summed E-state index contributed by atoms with van der Waals surface area (Å²) in [6.07, 6.45) is 11.9. The fourth-order valence-electron chi connectivity index (χ4n) is 5.73. The van der Waals surface area contributed by atoms with Crippen LogP contribution in [0.1, 0.15) is 96.6 Å². The minimum absolute atomic E-state index is 0.206. The van der Waals surface area contributed by atoms with Gasteiger partial charge in [-0.3, -0.25) is 0 Å². The van der Waals surface area contributed by atoms with Gasteiger partial charge in [0.15, 0.2) is 0 Å². The molecule has 0 N–H and O–H groups in total. The first-order valence-electron chi connectivity index (χ1n) is 11.9. The van der Waals surface area contributed by atoms with Crippen LogP contribution < -0.4 is 0 Å². The standard InChI is InChI=1S/C28H40/c1-5-9-15-23(8-4)21-28(20-22(7-3)14-6-2)26-18-12-10-16-24(26)25-17-11-13-19-27(25)28/h10-13,16-19,22-23H,5-9,14-15,20-21H2,1-4H3. The van der Waals surface area contributed by atoms with Gasteiger partial charge in [-0.2, -0.15) is 0 Å². The lowest BCUT2D eigenvalue weighted by molar-refractivity contribution is 0.267. The van der Waals surface area contributed by atoms with Crippen LogP contribution in [0.15, 0.2) is 48.5 Å². The largest absolute Gasteiger partial charge is 0.0654 e. The lowest BCUT2D eigenvalue weighted by Crippen LogP contribution is -2.31. The summed E-state index contributed by atoms with van der Waals surface area (Å²) in [6, 6.07) is 18.6. The van der Waals surface area contributed by atoms with Crippen LogP contribution in [0.4, 0.5) is 0 Å². The summed E-state index contributed by atoms with van der Waals surface area (Å²) in [7, 11) is 0. The molecule has 0 saturated heterocycles. The first kappa shape index (κ1) is 21.2. The van der Waals surface area contributed by atoms with E-state index < -0.39 is 0 Å². The van der Waals surface area contributed by atoms with Crippen LogP contribution in [0.2, 0.25) is 0 Å². The number of hydrogen-bond donors (Lipinski definition) is 0. The molecule has 0 saturated carbocycles. The van der Waals surface area contributed by atoms with Gasteiger partial charge in [0.2, 0.25) is 0 Å². The van der Waals surface area contributed by atoms with Gasteiger partial charge in [-0.05, 0) is 46.9 Å². The van der Waals surface area contributed by atoms with Crippen molar-refractivity contribution in [2.24, 2.45) is 11.8 Å². The van der Waals surface area contributed by atoms with E-state index in [9.17, 15) is 0 Å². The van der Waals surface area contributed by atoms with Crippen molar-refractivity contribution < 1.29 is 0 Å². The molecule has 2 aromatic carbocycles. The maximum absolute atomic E-state index is 2.44. The van der Waals surface area contributed by atoms with E-state index >= 15 is 0 Å². The molecule has 2 aromatic rings. The Kier molecular flexibility index (Phi) is 7.38. The quantitative estimate of drug-likeness (QED) is 0.367. The molecule has 0 spiro atoms. The average Bonchev–Trinajstić information content (AvgIpc) is 3.01. The van der Waals surface area contributed by atoms with Crippen molar-refractivity contribution in [1.82, 2.24) is 0 Å². The van der Waals surface area contributed by atoms with Gasteiger partial charge in [-0.25, -0.2) is 0 Å². The Morgan fingerprint density at radius 3 is 1.61 bits per heavy atom. The molecular weight excluding hydrogens is 336 g/mol. The van der Waals surface area contributed by atoms with Gasteiger partial charge in [0.1, 0.15) is 0 Å². The molecule has 1 aliphatic rings. The Bertz CT molecular complexity index is 696. The summed E-state index contributed by atoms with van der Waals surface area (Å²) >= 11 is 0. The molecule has 3 rings (SSSR count). The highest BCUT2D eigenvalue weighted by molar-refractivity contribution is 5.81. The molecule has 2 unspecified atom stereocenters. The van der Waals surface area contributed by atoms with Crippen LogP contribution in [0.5, 0.6) is 0 Å². The van der Waals surface area contributed by atoms with E-state index in [2.05, 4.69) is 76.2 Å². The van der Waals surface area contributed by atoms with Gasteiger partial charge in [0, 0.05) is 5.41 Å². The van der Waals surface area contributed by atoms with Crippen LogP contribution >= 0.6 is 0 Å². The topological polar surface area (TPSA) is 0 Å². The number of fused-ring (bicyclic) bond motifs is 3. The minimum Gasteiger partial charge on any atom is -0.0654 e. The SMILES string of the molecule is CCCCC(CC)CC1(CC(CC)CCC)c2ccccc2-c2ccccc21. The summed E-state index contributed by atoms with van der Waals surface area (Å²) < 4.78 is 0. The molecule has 28 heavy (non-hydrogen) atoms. The fraction of sp³-hybridized carbons (Fsp3) is 0.571. The van der Waals surface area contributed by atoms with E-state index in [4.69, 9.17) is 0 Å². The van der Waals surface area contributed by atoms with E-state index in [1.165, 1.54) is 68.9 Å². The molecule has 152 valence electrons. The normalized spacial score (nSPS) is 16.4. The number of unbranched alkanes of at least 4 members (excludes halogenated alkanes) is 1. The third kappa shape index (κ3) is 4.07. The molecule has 1 aliphatic carbocycles. The maximum Gasteiger partial charge on any atom is 0.0220 e. The van der Waals surface area contributed by atoms with Gasteiger partial charge in [0.25, 0.3) is 0 Å². The Balaban J connectivity index is 2.10. The molecule has 2 atom stereocenters. The van der Waals surface area contributed by atoms with Crippen LogP contribution in [-0.4, -0.2) is 0 Å². The van der Waals surface area contributed by atoms with Crippen LogP contribution in [0.25, 0.3) is 11.1 Å². The molecule has 0 aromatic heterocycles. The highest BCUT2D eigenvalue weighted by Crippen LogP contribution is 2.55. The first-order valence-corrected chi connectivity index (χ1v) is 11.9. The molecule has 0 heteroatoms. The van der Waals surface area contributed by atoms with Crippen molar-refractivity contribution in [3.63, 3.8) is 0 Å². The Morgan fingerprint density at radius 2 is 1.14 bits per heavy atom. The van der Waals surface area contributed by atoms with E-state index in [1.54, 1.807) is 11.1 Å². The maximum atomic E-state index is 2.44. The molecule has 0 aliphatic heterocycles. The number of rotatable bonds is 11. The summed E-state index contributed by atoms with van der Waals surface area (Å²) in [4.78, 5) is 0. The summed E-state index contributed by atoms with van der Waals surface area (Å²) in [5, 5.41) is 0. The van der Waals surface area contributed by atoms with E-state index in [1.807, 2.05) is 0 Å². The van der Waals surface area contributed by atoms with Crippen LogP contribution in [0, 0.1) is 11.8 Å². The van der Waals surface area contributed by atoms with Crippen molar-refractivity contribution in [3.05, 3.63) is 59.7 Å². The first-order chi connectivity index (χ1) is 13.7. The smallest absolute Gasteiger partial charge is 0.0220 e. The monoisotopic (exact) mass is 376 g/mol. The van der Waals surface area contributed by atoms with Gasteiger partial charge >= 0.3 is 0 Å². The molecule has 0 radical (unpaired) electrons. The molecule has 0 fully saturated rings. The van der Waals surface area contributed by atoms with Gasteiger partial charge in [-0.15, -0.1) is 0 Å². The Hall–Kier alpha value is -1.56. The van der Waals surface area contributed by atoms with Gasteiger partial charge < -0.3 is 0 Å². The zero-order valence-corrected chi connectivity index (χ0v) is 18.6. The number of benzene rings is 2. The second-order valence-electron chi connectivity index (χ2n) is 9.06. The second-order valence-corrected chi connectivity index (χ2v) is 9.06. The Morgan fingerprint density at radius 1 is 0.643 bits per heavy atom. The lowest BCUT2D eigenvalue weighted by Gasteiger charge is -2.38. The molecule has 0 bridgehead atoms. The van der Waals surface area contributed by atoms with E-state index in [-0.39, 0.29) is 5.41 Å². The van der Waals surface area contributed by atoms with Gasteiger partial charge in [-0.1, -0.05) is 121 Å². The van der Waals surface area contributed by atoms with Crippen molar-refractivity contribution in [2.75, 3.05) is 0 Å². The summed E-state index contributed by atoms with van der Waals surface area (Å²) in [6.45, 7) is 9.48. The minimum atomic E-state index is 0.206. The second kappa shape index (κ2) is 9.77. The van der Waals surface area contributed by atoms with E-state index in [0.717, 1.165) is 11.8 Å². The molecule has 0 heterocycles. The zero-order valence-electron chi connectivity index (χ0n) is 18.6. The zero-order chi connectivity index (χ0) is 20.0. The van der Waals surface area contributed by atoms with E-state index in [0.29, 0.717) is 0 Å². The lowest BCUT2D eigenvalue weighted by atomic mass is 9.65. The van der Waals surface area contributed by atoms with Crippen molar-refractivity contribution in [3.8, 4) is 11.1 Å². The summed E-state index contributed by atoms with van der Waals surface area (Å²) in [5.74, 6) is 1.63. The van der Waals surface area contributed by atoms with Crippen LogP contribution in [-0.2, 0) is 5.41 Å². The van der Waals surface area contributed by atoms with Crippen molar-refractivity contribution in [1.29, 1.82) is 0 Å². The van der Waals surface area contributed by atoms with Gasteiger partial charge in [0.05, 0.1) is 0 Å². The third-order valence-corrected chi connectivity index (χ3v) is 7.27. The number of hydrogen-bond acceptors (Lipinski definition) is 0.